The Kier molecular flexibility index (Phi) is 3.84. The van der Waals surface area contributed by atoms with E-state index in [9.17, 15) is 5.11 Å². The summed E-state index contributed by atoms with van der Waals surface area (Å²) in [6.07, 6.45) is 0.684. The maximum atomic E-state index is 9.52. The Labute approximate surface area is 121 Å². The minimum atomic E-state index is -0.179. The fourth-order valence-electron chi connectivity index (χ4n) is 2.32. The summed E-state index contributed by atoms with van der Waals surface area (Å²) in [5, 5.41) is 13.3. The molecule has 0 bridgehead atoms. The second-order valence-electron chi connectivity index (χ2n) is 4.80. The number of hydrogen-bond donors (Lipinski definition) is 1. The Morgan fingerprint density at radius 1 is 1.42 bits per heavy atom. The van der Waals surface area contributed by atoms with Crippen molar-refractivity contribution in [3.63, 3.8) is 0 Å². The highest BCUT2D eigenvalue weighted by Crippen LogP contribution is 2.30. The van der Waals surface area contributed by atoms with Crippen LogP contribution in [0.3, 0.4) is 0 Å². The van der Waals surface area contributed by atoms with E-state index < -0.39 is 0 Å². The van der Waals surface area contributed by atoms with Gasteiger partial charge in [-0.2, -0.15) is 0 Å². The smallest absolute Gasteiger partial charge is 0.125 e. The van der Waals surface area contributed by atoms with E-state index in [0.29, 0.717) is 0 Å². The third-order valence-corrected chi connectivity index (χ3v) is 4.54. The summed E-state index contributed by atoms with van der Waals surface area (Å²) in [6, 6.07) is 7.77. The zero-order valence-corrected chi connectivity index (χ0v) is 12.0. The lowest BCUT2D eigenvalue weighted by Crippen LogP contribution is -2.21. The summed E-state index contributed by atoms with van der Waals surface area (Å²) in [5.41, 5.74) is 2.04. The van der Waals surface area contributed by atoms with Crippen LogP contribution in [0.25, 0.3) is 10.6 Å². The molecule has 1 atom stereocenters. The van der Waals surface area contributed by atoms with E-state index in [-0.39, 0.29) is 6.10 Å². The van der Waals surface area contributed by atoms with Gasteiger partial charge < -0.3 is 5.11 Å². The Balaban J connectivity index is 1.75. The lowest BCUT2D eigenvalue weighted by atomic mass is 10.2. The number of hydrogen-bond acceptors (Lipinski definition) is 4. The molecule has 3 rings (SSSR count). The Hall–Kier alpha value is -0.940. The van der Waals surface area contributed by atoms with Crippen molar-refractivity contribution in [2.24, 2.45) is 0 Å². The van der Waals surface area contributed by atoms with E-state index in [2.05, 4.69) is 15.3 Å². The van der Waals surface area contributed by atoms with Crippen LogP contribution in [0.1, 0.15) is 12.1 Å². The number of nitrogens with zero attached hydrogens (tertiary/aromatic N) is 2. The van der Waals surface area contributed by atoms with Gasteiger partial charge in [-0.1, -0.05) is 29.8 Å². The molecule has 100 valence electrons. The average molecular weight is 295 g/mol. The number of likely N-dealkylation sites (tertiary alicyclic amines) is 1. The number of aliphatic hydroxyl groups excluding tert-OH is 1. The molecule has 0 radical (unpaired) electrons. The van der Waals surface area contributed by atoms with Gasteiger partial charge in [-0.3, -0.25) is 4.90 Å². The van der Waals surface area contributed by atoms with E-state index in [1.807, 2.05) is 24.3 Å². The molecule has 1 aliphatic heterocycles. The van der Waals surface area contributed by atoms with Crippen molar-refractivity contribution >= 4 is 22.9 Å². The average Bonchev–Trinajstić information content (AvgIpc) is 3.00. The summed E-state index contributed by atoms with van der Waals surface area (Å²) in [5.74, 6) is 0. The molecular formula is C14H15ClN2OS. The first-order valence-corrected chi connectivity index (χ1v) is 7.58. The maximum Gasteiger partial charge on any atom is 0.125 e. The molecule has 1 aromatic heterocycles. The summed E-state index contributed by atoms with van der Waals surface area (Å²) in [4.78, 5) is 6.87. The molecule has 1 saturated heterocycles. The highest BCUT2D eigenvalue weighted by molar-refractivity contribution is 7.13. The third kappa shape index (κ3) is 2.98. The summed E-state index contributed by atoms with van der Waals surface area (Å²) >= 11 is 7.80. The number of β-amino-alcohol motifs (C(OH)–C–C–N with tert-alkyl or cyclic N) is 1. The van der Waals surface area contributed by atoms with Gasteiger partial charge in [-0.25, -0.2) is 4.98 Å². The molecule has 2 aromatic rings. The normalized spacial score (nSPS) is 20.0. The van der Waals surface area contributed by atoms with Crippen molar-refractivity contribution in [2.45, 2.75) is 19.1 Å². The van der Waals surface area contributed by atoms with Gasteiger partial charge in [0.15, 0.2) is 0 Å². The Morgan fingerprint density at radius 2 is 2.26 bits per heavy atom. The van der Waals surface area contributed by atoms with E-state index >= 15 is 0 Å². The van der Waals surface area contributed by atoms with Crippen LogP contribution in [0.4, 0.5) is 0 Å². The number of aromatic nitrogens is 1. The summed E-state index contributed by atoms with van der Waals surface area (Å²) < 4.78 is 0. The van der Waals surface area contributed by atoms with Crippen molar-refractivity contribution in [1.82, 2.24) is 9.88 Å². The van der Waals surface area contributed by atoms with Gasteiger partial charge in [0.1, 0.15) is 5.01 Å². The number of halogens is 1. The topological polar surface area (TPSA) is 36.4 Å². The fourth-order valence-corrected chi connectivity index (χ4v) is 3.45. The van der Waals surface area contributed by atoms with Gasteiger partial charge in [0.25, 0.3) is 0 Å². The molecule has 1 fully saturated rings. The van der Waals surface area contributed by atoms with Crippen molar-refractivity contribution in [2.75, 3.05) is 13.1 Å². The highest BCUT2D eigenvalue weighted by atomic mass is 35.5. The van der Waals surface area contributed by atoms with Crippen molar-refractivity contribution in [1.29, 1.82) is 0 Å². The Morgan fingerprint density at radius 3 is 3.00 bits per heavy atom. The van der Waals surface area contributed by atoms with Crippen LogP contribution in [0.15, 0.2) is 29.6 Å². The second-order valence-corrected chi connectivity index (χ2v) is 6.07. The molecule has 1 N–H and O–H groups in total. The standard InChI is InChI=1S/C14H15ClN2OS/c15-13-4-2-1-3-12(13)14-16-10(9-19-14)7-17-6-5-11(18)8-17/h1-4,9,11,18H,5-8H2/t11-/m1/s1. The zero-order valence-electron chi connectivity index (χ0n) is 10.4. The van der Waals surface area contributed by atoms with E-state index in [4.69, 9.17) is 11.6 Å². The van der Waals surface area contributed by atoms with Crippen LogP contribution in [0, 0.1) is 0 Å². The zero-order chi connectivity index (χ0) is 13.2. The predicted molar refractivity (Wildman–Crippen MR) is 78.5 cm³/mol. The molecule has 1 aliphatic rings. The Bertz CT molecular complexity index is 572. The first kappa shape index (κ1) is 13.1. The van der Waals surface area contributed by atoms with Crippen LogP contribution in [0.2, 0.25) is 5.02 Å². The molecule has 1 aromatic carbocycles. The summed E-state index contributed by atoms with van der Waals surface area (Å²) in [6.45, 7) is 2.50. The lowest BCUT2D eigenvalue weighted by molar-refractivity contribution is 0.174. The molecular weight excluding hydrogens is 280 g/mol. The quantitative estimate of drug-likeness (QED) is 0.945. The van der Waals surface area contributed by atoms with Gasteiger partial charge >= 0.3 is 0 Å². The molecule has 2 heterocycles. The number of benzene rings is 1. The molecule has 3 nitrogen and oxygen atoms in total. The van der Waals surface area contributed by atoms with Crippen LogP contribution < -0.4 is 0 Å². The number of aliphatic hydroxyl groups is 1. The largest absolute Gasteiger partial charge is 0.392 e. The second kappa shape index (κ2) is 5.59. The molecule has 0 amide bonds. The van der Waals surface area contributed by atoms with Crippen LogP contribution in [-0.2, 0) is 6.54 Å². The lowest BCUT2D eigenvalue weighted by Gasteiger charge is -2.12. The summed E-state index contributed by atoms with van der Waals surface area (Å²) in [7, 11) is 0. The molecule has 5 heteroatoms. The van der Waals surface area contributed by atoms with Gasteiger partial charge in [0.2, 0.25) is 0 Å². The monoisotopic (exact) mass is 294 g/mol. The number of rotatable bonds is 3. The predicted octanol–water partition coefficient (Wildman–Crippen LogP) is 3.03. The van der Waals surface area contributed by atoms with Crippen molar-refractivity contribution in [3.8, 4) is 10.6 Å². The molecule has 0 spiro atoms. The van der Waals surface area contributed by atoms with Gasteiger partial charge in [0.05, 0.1) is 16.8 Å². The number of thiazole rings is 1. The van der Waals surface area contributed by atoms with Gasteiger partial charge in [-0.05, 0) is 12.5 Å². The highest BCUT2D eigenvalue weighted by Gasteiger charge is 2.21. The third-order valence-electron chi connectivity index (χ3n) is 3.29. The SMILES string of the molecule is O[C@@H]1CCN(Cc2csc(-c3ccccc3Cl)n2)C1. The maximum absolute atomic E-state index is 9.52. The first-order chi connectivity index (χ1) is 9.22. The van der Waals surface area contributed by atoms with Gasteiger partial charge in [0, 0.05) is 30.6 Å². The van der Waals surface area contributed by atoms with Gasteiger partial charge in [-0.15, -0.1) is 11.3 Å². The first-order valence-electron chi connectivity index (χ1n) is 6.32. The molecule has 0 unspecified atom stereocenters. The molecule has 0 saturated carbocycles. The molecule has 19 heavy (non-hydrogen) atoms. The fraction of sp³-hybridized carbons (Fsp3) is 0.357. The van der Waals surface area contributed by atoms with Crippen LogP contribution >= 0.6 is 22.9 Å². The van der Waals surface area contributed by atoms with E-state index in [1.165, 1.54) is 0 Å². The van der Waals surface area contributed by atoms with Crippen molar-refractivity contribution in [3.05, 3.63) is 40.4 Å². The minimum absolute atomic E-state index is 0.179. The molecule has 0 aliphatic carbocycles. The van der Waals surface area contributed by atoms with E-state index in [1.54, 1.807) is 11.3 Å². The van der Waals surface area contributed by atoms with Crippen LogP contribution in [-0.4, -0.2) is 34.2 Å². The minimum Gasteiger partial charge on any atom is -0.392 e. The van der Waals surface area contributed by atoms with Crippen molar-refractivity contribution < 1.29 is 5.11 Å². The van der Waals surface area contributed by atoms with Crippen LogP contribution in [0.5, 0.6) is 0 Å². The van der Waals surface area contributed by atoms with E-state index in [0.717, 1.165) is 47.3 Å².